The Hall–Kier alpha value is -2.07. The first-order chi connectivity index (χ1) is 9.49. The van der Waals surface area contributed by atoms with E-state index in [0.717, 1.165) is 16.8 Å². The molecular formula is C16H20N2O2. The van der Waals surface area contributed by atoms with E-state index in [1.165, 1.54) is 0 Å². The second-order valence-electron chi connectivity index (χ2n) is 5.09. The summed E-state index contributed by atoms with van der Waals surface area (Å²) in [5.74, 6) is -0.153. The summed E-state index contributed by atoms with van der Waals surface area (Å²) in [6.45, 7) is 4.06. The van der Waals surface area contributed by atoms with Crippen LogP contribution in [0.25, 0.3) is 0 Å². The maximum Gasteiger partial charge on any atom is 0.251 e. The molecule has 1 aromatic heterocycles. The van der Waals surface area contributed by atoms with E-state index in [1.54, 1.807) is 0 Å². The van der Waals surface area contributed by atoms with E-state index < -0.39 is 6.10 Å². The Labute approximate surface area is 119 Å². The lowest BCUT2D eigenvalue weighted by atomic mass is 10.1. The highest BCUT2D eigenvalue weighted by atomic mass is 16.3. The lowest BCUT2D eigenvalue weighted by molar-refractivity contribution is 0.0911. The minimum Gasteiger partial charge on any atom is -0.385 e. The number of amides is 1. The van der Waals surface area contributed by atoms with Gasteiger partial charge in [0.2, 0.25) is 0 Å². The number of aryl methyl sites for hydroxylation is 3. The molecule has 0 spiro atoms. The number of hydrogen-bond donors (Lipinski definition) is 2. The summed E-state index contributed by atoms with van der Waals surface area (Å²) in [5.41, 5.74) is 3.42. The van der Waals surface area contributed by atoms with Gasteiger partial charge in [0.25, 0.3) is 5.91 Å². The summed E-state index contributed by atoms with van der Waals surface area (Å²) in [7, 11) is 1.87. The van der Waals surface area contributed by atoms with Crippen LogP contribution < -0.4 is 5.32 Å². The van der Waals surface area contributed by atoms with Crippen molar-refractivity contribution in [2.75, 3.05) is 6.54 Å². The second-order valence-corrected chi connectivity index (χ2v) is 5.09. The fraction of sp³-hybridized carbons (Fsp3) is 0.312. The Kier molecular flexibility index (Phi) is 4.25. The minimum atomic E-state index is -0.705. The van der Waals surface area contributed by atoms with Crippen LogP contribution in [0.2, 0.25) is 0 Å². The van der Waals surface area contributed by atoms with Crippen molar-refractivity contribution in [3.05, 3.63) is 58.9 Å². The van der Waals surface area contributed by atoms with Crippen LogP contribution in [0.3, 0.4) is 0 Å². The standard InChI is InChI=1S/C16H20N2O2/c1-11-6-7-12(2)13(9-11)16(20)17-10-15(19)14-5-4-8-18(14)3/h4-9,15,19H,10H2,1-3H3,(H,17,20)/t15-/m1/s1. The van der Waals surface area contributed by atoms with Crippen molar-refractivity contribution < 1.29 is 9.90 Å². The zero-order chi connectivity index (χ0) is 14.7. The lowest BCUT2D eigenvalue weighted by Gasteiger charge is -2.14. The molecule has 0 aliphatic heterocycles. The van der Waals surface area contributed by atoms with Crippen LogP contribution >= 0.6 is 0 Å². The molecule has 1 aromatic carbocycles. The molecule has 0 bridgehead atoms. The summed E-state index contributed by atoms with van der Waals surface area (Å²) >= 11 is 0. The highest BCUT2D eigenvalue weighted by Crippen LogP contribution is 2.13. The molecule has 0 fully saturated rings. The second kappa shape index (κ2) is 5.92. The molecule has 1 atom stereocenters. The summed E-state index contributed by atoms with van der Waals surface area (Å²) in [5, 5.41) is 12.9. The third kappa shape index (κ3) is 3.08. The molecule has 0 aliphatic carbocycles. The van der Waals surface area contributed by atoms with E-state index in [1.807, 2.05) is 62.0 Å². The molecule has 0 saturated carbocycles. The van der Waals surface area contributed by atoms with E-state index in [-0.39, 0.29) is 12.5 Å². The largest absolute Gasteiger partial charge is 0.385 e. The highest BCUT2D eigenvalue weighted by Gasteiger charge is 2.14. The van der Waals surface area contributed by atoms with Gasteiger partial charge in [-0.25, -0.2) is 0 Å². The molecule has 20 heavy (non-hydrogen) atoms. The molecule has 2 N–H and O–H groups in total. The van der Waals surface area contributed by atoms with Crippen LogP contribution in [0.1, 0.15) is 33.3 Å². The first-order valence-electron chi connectivity index (χ1n) is 6.64. The molecule has 1 heterocycles. The van der Waals surface area contributed by atoms with Crippen LogP contribution in [0.5, 0.6) is 0 Å². The Bertz CT molecular complexity index is 617. The van der Waals surface area contributed by atoms with Crippen molar-refractivity contribution in [1.29, 1.82) is 0 Å². The predicted octanol–water partition coefficient (Wildman–Crippen LogP) is 2.11. The van der Waals surface area contributed by atoms with Gasteiger partial charge in [-0.2, -0.15) is 0 Å². The van der Waals surface area contributed by atoms with Crippen molar-refractivity contribution in [3.63, 3.8) is 0 Å². The van der Waals surface area contributed by atoms with E-state index in [0.29, 0.717) is 5.56 Å². The van der Waals surface area contributed by atoms with Gasteiger partial charge in [-0.05, 0) is 37.6 Å². The van der Waals surface area contributed by atoms with E-state index >= 15 is 0 Å². The monoisotopic (exact) mass is 272 g/mol. The van der Waals surface area contributed by atoms with Crippen LogP contribution in [0.15, 0.2) is 36.5 Å². The Morgan fingerprint density at radius 1 is 1.35 bits per heavy atom. The summed E-state index contributed by atoms with van der Waals surface area (Å²) in [6.07, 6.45) is 1.16. The fourth-order valence-electron chi connectivity index (χ4n) is 2.19. The fourth-order valence-corrected chi connectivity index (χ4v) is 2.19. The average Bonchev–Trinajstić information content (AvgIpc) is 2.84. The van der Waals surface area contributed by atoms with Gasteiger partial charge in [-0.3, -0.25) is 4.79 Å². The Morgan fingerprint density at radius 2 is 2.10 bits per heavy atom. The molecule has 2 rings (SSSR count). The molecule has 0 unspecified atom stereocenters. The van der Waals surface area contributed by atoms with Crippen molar-refractivity contribution in [2.45, 2.75) is 20.0 Å². The maximum absolute atomic E-state index is 12.1. The maximum atomic E-state index is 12.1. The highest BCUT2D eigenvalue weighted by molar-refractivity contribution is 5.95. The number of nitrogens with zero attached hydrogens (tertiary/aromatic N) is 1. The third-order valence-corrected chi connectivity index (χ3v) is 3.42. The number of aliphatic hydroxyl groups is 1. The van der Waals surface area contributed by atoms with E-state index in [4.69, 9.17) is 0 Å². The Morgan fingerprint density at radius 3 is 2.75 bits per heavy atom. The molecular weight excluding hydrogens is 252 g/mol. The number of aromatic nitrogens is 1. The van der Waals surface area contributed by atoms with Gasteiger partial charge < -0.3 is 15.0 Å². The molecule has 4 nitrogen and oxygen atoms in total. The van der Waals surface area contributed by atoms with Crippen LogP contribution in [0.4, 0.5) is 0 Å². The molecule has 4 heteroatoms. The normalized spacial score (nSPS) is 12.2. The summed E-state index contributed by atoms with van der Waals surface area (Å²) in [6, 6.07) is 9.47. The number of hydrogen-bond acceptors (Lipinski definition) is 2. The molecule has 106 valence electrons. The number of carbonyl (C=O) groups is 1. The van der Waals surface area contributed by atoms with Gasteiger partial charge in [-0.1, -0.05) is 17.7 Å². The summed E-state index contributed by atoms with van der Waals surface area (Å²) in [4.78, 5) is 12.1. The number of benzene rings is 1. The molecule has 0 radical (unpaired) electrons. The number of carbonyl (C=O) groups excluding carboxylic acids is 1. The molecule has 1 amide bonds. The average molecular weight is 272 g/mol. The molecule has 0 aliphatic rings. The van der Waals surface area contributed by atoms with Crippen molar-refractivity contribution in [2.24, 2.45) is 7.05 Å². The zero-order valence-corrected chi connectivity index (χ0v) is 12.1. The predicted molar refractivity (Wildman–Crippen MR) is 78.6 cm³/mol. The third-order valence-electron chi connectivity index (χ3n) is 3.42. The quantitative estimate of drug-likeness (QED) is 0.895. The van der Waals surface area contributed by atoms with Crippen molar-refractivity contribution >= 4 is 5.91 Å². The molecule has 2 aromatic rings. The van der Waals surface area contributed by atoms with Crippen molar-refractivity contribution in [1.82, 2.24) is 9.88 Å². The van der Waals surface area contributed by atoms with Crippen LogP contribution in [-0.2, 0) is 7.05 Å². The van der Waals surface area contributed by atoms with E-state index in [9.17, 15) is 9.90 Å². The zero-order valence-electron chi connectivity index (χ0n) is 12.1. The van der Waals surface area contributed by atoms with Gasteiger partial charge >= 0.3 is 0 Å². The van der Waals surface area contributed by atoms with Crippen molar-refractivity contribution in [3.8, 4) is 0 Å². The smallest absolute Gasteiger partial charge is 0.251 e. The topological polar surface area (TPSA) is 54.3 Å². The van der Waals surface area contributed by atoms with Gasteiger partial charge in [0.1, 0.15) is 6.10 Å². The first-order valence-corrected chi connectivity index (χ1v) is 6.64. The lowest BCUT2D eigenvalue weighted by Crippen LogP contribution is -2.29. The Balaban J connectivity index is 2.02. The minimum absolute atomic E-state index is 0.153. The van der Waals surface area contributed by atoms with Gasteiger partial charge in [0.05, 0.1) is 0 Å². The van der Waals surface area contributed by atoms with Gasteiger partial charge in [-0.15, -0.1) is 0 Å². The number of nitrogens with one attached hydrogen (secondary N) is 1. The van der Waals surface area contributed by atoms with Crippen LogP contribution in [0, 0.1) is 13.8 Å². The SMILES string of the molecule is Cc1ccc(C)c(C(=O)NC[C@@H](O)c2cccn2C)c1. The van der Waals surface area contributed by atoms with Crippen LogP contribution in [-0.4, -0.2) is 22.1 Å². The van der Waals surface area contributed by atoms with Gasteiger partial charge in [0, 0.05) is 31.0 Å². The number of rotatable bonds is 4. The van der Waals surface area contributed by atoms with E-state index in [2.05, 4.69) is 5.32 Å². The molecule has 0 saturated heterocycles. The summed E-state index contributed by atoms with van der Waals surface area (Å²) < 4.78 is 1.84. The number of aliphatic hydroxyl groups excluding tert-OH is 1. The van der Waals surface area contributed by atoms with Gasteiger partial charge in [0.15, 0.2) is 0 Å². The first kappa shape index (κ1) is 14.3.